The standard InChI is InChI=1S/C15H19BrFNO/c1-4-7-18-8-12-13(9(2)3)14-11(17)6-5-10(16)15(14)19-12/h5-6,9,18H,4,7-8H2,1-3H3. The lowest BCUT2D eigenvalue weighted by Crippen LogP contribution is -2.14. The molecule has 0 amide bonds. The van der Waals surface area contributed by atoms with Gasteiger partial charge in [-0.2, -0.15) is 0 Å². The van der Waals surface area contributed by atoms with E-state index in [4.69, 9.17) is 4.42 Å². The van der Waals surface area contributed by atoms with Gasteiger partial charge in [-0.1, -0.05) is 20.8 Å². The smallest absolute Gasteiger partial charge is 0.151 e. The number of benzene rings is 1. The Labute approximate surface area is 121 Å². The molecule has 0 fully saturated rings. The van der Waals surface area contributed by atoms with Crippen LogP contribution in [0.3, 0.4) is 0 Å². The summed E-state index contributed by atoms with van der Waals surface area (Å²) in [7, 11) is 0. The van der Waals surface area contributed by atoms with Crippen molar-refractivity contribution in [1.82, 2.24) is 5.32 Å². The lowest BCUT2D eigenvalue weighted by Gasteiger charge is -2.07. The summed E-state index contributed by atoms with van der Waals surface area (Å²) in [6, 6.07) is 3.17. The zero-order valence-electron chi connectivity index (χ0n) is 11.5. The molecular formula is C15H19BrFNO. The number of furan rings is 1. The van der Waals surface area contributed by atoms with Gasteiger partial charge in [-0.3, -0.25) is 0 Å². The number of fused-ring (bicyclic) bond motifs is 1. The molecule has 0 aliphatic carbocycles. The maximum Gasteiger partial charge on any atom is 0.151 e. The second-order valence-electron chi connectivity index (χ2n) is 5.00. The van der Waals surface area contributed by atoms with E-state index in [1.165, 1.54) is 6.07 Å². The molecule has 0 aliphatic rings. The van der Waals surface area contributed by atoms with Crippen molar-refractivity contribution in [3.05, 3.63) is 33.7 Å². The maximum atomic E-state index is 14.1. The SMILES string of the molecule is CCCNCc1oc2c(Br)ccc(F)c2c1C(C)C. The monoisotopic (exact) mass is 327 g/mol. The van der Waals surface area contributed by atoms with Crippen molar-refractivity contribution >= 4 is 26.9 Å². The molecule has 0 saturated heterocycles. The number of hydrogen-bond donors (Lipinski definition) is 1. The molecule has 104 valence electrons. The van der Waals surface area contributed by atoms with Gasteiger partial charge in [-0.15, -0.1) is 0 Å². The van der Waals surface area contributed by atoms with Gasteiger partial charge in [-0.25, -0.2) is 4.39 Å². The molecule has 4 heteroatoms. The Morgan fingerprint density at radius 1 is 1.37 bits per heavy atom. The van der Waals surface area contributed by atoms with Crippen LogP contribution in [0.25, 0.3) is 11.0 Å². The van der Waals surface area contributed by atoms with E-state index in [1.807, 2.05) is 0 Å². The summed E-state index contributed by atoms with van der Waals surface area (Å²) in [6.45, 7) is 7.81. The fourth-order valence-electron chi connectivity index (χ4n) is 2.32. The van der Waals surface area contributed by atoms with Crippen LogP contribution in [-0.4, -0.2) is 6.54 Å². The zero-order valence-corrected chi connectivity index (χ0v) is 13.1. The van der Waals surface area contributed by atoms with Crippen molar-refractivity contribution in [1.29, 1.82) is 0 Å². The van der Waals surface area contributed by atoms with Crippen LogP contribution in [0.4, 0.5) is 4.39 Å². The maximum absolute atomic E-state index is 14.1. The van der Waals surface area contributed by atoms with Crippen molar-refractivity contribution in [2.24, 2.45) is 0 Å². The van der Waals surface area contributed by atoms with Crippen molar-refractivity contribution in [3.63, 3.8) is 0 Å². The molecule has 1 aromatic heterocycles. The normalized spacial score (nSPS) is 11.7. The fraction of sp³-hybridized carbons (Fsp3) is 0.467. The summed E-state index contributed by atoms with van der Waals surface area (Å²) < 4.78 is 20.8. The van der Waals surface area contributed by atoms with Crippen LogP contribution in [0.2, 0.25) is 0 Å². The first kappa shape index (κ1) is 14.5. The Hall–Kier alpha value is -0.870. The van der Waals surface area contributed by atoms with E-state index in [0.29, 0.717) is 17.5 Å². The number of rotatable bonds is 5. The first-order valence-corrected chi connectivity index (χ1v) is 7.45. The van der Waals surface area contributed by atoms with Gasteiger partial charge in [0.2, 0.25) is 0 Å². The minimum absolute atomic E-state index is 0.215. The first-order valence-electron chi connectivity index (χ1n) is 6.66. The highest BCUT2D eigenvalue weighted by molar-refractivity contribution is 9.10. The molecule has 1 aromatic carbocycles. The highest BCUT2D eigenvalue weighted by atomic mass is 79.9. The van der Waals surface area contributed by atoms with Gasteiger partial charge in [0.25, 0.3) is 0 Å². The van der Waals surface area contributed by atoms with Gasteiger partial charge in [0, 0.05) is 5.56 Å². The van der Waals surface area contributed by atoms with E-state index >= 15 is 0 Å². The Morgan fingerprint density at radius 3 is 2.74 bits per heavy atom. The average Bonchev–Trinajstić information content (AvgIpc) is 2.75. The Morgan fingerprint density at radius 2 is 2.11 bits per heavy atom. The molecule has 0 unspecified atom stereocenters. The van der Waals surface area contributed by atoms with E-state index in [0.717, 1.165) is 28.8 Å². The number of halogens is 2. The molecule has 0 aliphatic heterocycles. The second-order valence-corrected chi connectivity index (χ2v) is 5.86. The molecule has 1 N–H and O–H groups in total. The second kappa shape index (κ2) is 6.06. The molecule has 0 radical (unpaired) electrons. The Kier molecular flexibility index (Phi) is 4.63. The Balaban J connectivity index is 2.54. The predicted octanol–water partition coefficient (Wildman–Crippen LogP) is 4.96. The minimum Gasteiger partial charge on any atom is -0.458 e. The predicted molar refractivity (Wildman–Crippen MR) is 80.0 cm³/mol. The fourth-order valence-corrected chi connectivity index (χ4v) is 2.73. The quantitative estimate of drug-likeness (QED) is 0.785. The largest absolute Gasteiger partial charge is 0.458 e. The van der Waals surface area contributed by atoms with E-state index in [2.05, 4.69) is 42.0 Å². The van der Waals surface area contributed by atoms with Crippen LogP contribution >= 0.6 is 15.9 Å². The third-order valence-electron chi connectivity index (χ3n) is 3.14. The molecule has 0 atom stereocenters. The summed E-state index contributed by atoms with van der Waals surface area (Å²) in [5, 5.41) is 3.92. The summed E-state index contributed by atoms with van der Waals surface area (Å²) in [6.07, 6.45) is 1.06. The van der Waals surface area contributed by atoms with Crippen molar-refractivity contribution in [2.75, 3.05) is 6.54 Å². The third-order valence-corrected chi connectivity index (χ3v) is 3.77. The Bertz CT molecular complexity index is 577. The van der Waals surface area contributed by atoms with Crippen LogP contribution in [-0.2, 0) is 6.54 Å². The van der Waals surface area contributed by atoms with Crippen LogP contribution < -0.4 is 5.32 Å². The van der Waals surface area contributed by atoms with Crippen LogP contribution in [0.1, 0.15) is 44.4 Å². The van der Waals surface area contributed by atoms with Gasteiger partial charge in [0.15, 0.2) is 5.58 Å². The van der Waals surface area contributed by atoms with Crippen molar-refractivity contribution in [2.45, 2.75) is 39.7 Å². The highest BCUT2D eigenvalue weighted by Crippen LogP contribution is 2.37. The van der Waals surface area contributed by atoms with E-state index in [1.54, 1.807) is 6.07 Å². The molecule has 2 rings (SSSR count). The van der Waals surface area contributed by atoms with Gasteiger partial charge >= 0.3 is 0 Å². The summed E-state index contributed by atoms with van der Waals surface area (Å²) in [5.74, 6) is 0.847. The zero-order chi connectivity index (χ0) is 14.0. The van der Waals surface area contributed by atoms with Crippen LogP contribution in [0, 0.1) is 5.82 Å². The third kappa shape index (κ3) is 2.84. The van der Waals surface area contributed by atoms with Gasteiger partial charge in [0.1, 0.15) is 11.6 Å². The molecule has 1 heterocycles. The lowest BCUT2D eigenvalue weighted by atomic mass is 9.99. The van der Waals surface area contributed by atoms with Gasteiger partial charge < -0.3 is 9.73 Å². The van der Waals surface area contributed by atoms with Crippen molar-refractivity contribution in [3.8, 4) is 0 Å². The van der Waals surface area contributed by atoms with Crippen molar-refractivity contribution < 1.29 is 8.81 Å². The summed E-state index contributed by atoms with van der Waals surface area (Å²) in [5.41, 5.74) is 1.58. The van der Waals surface area contributed by atoms with E-state index < -0.39 is 0 Å². The minimum atomic E-state index is -0.215. The molecule has 19 heavy (non-hydrogen) atoms. The summed E-state index contributed by atoms with van der Waals surface area (Å²) in [4.78, 5) is 0. The van der Waals surface area contributed by atoms with Crippen LogP contribution in [0.5, 0.6) is 0 Å². The van der Waals surface area contributed by atoms with E-state index in [-0.39, 0.29) is 11.7 Å². The molecule has 0 spiro atoms. The topological polar surface area (TPSA) is 25.2 Å². The molecule has 0 saturated carbocycles. The molecular weight excluding hydrogens is 309 g/mol. The van der Waals surface area contributed by atoms with Gasteiger partial charge in [0.05, 0.1) is 16.4 Å². The first-order chi connectivity index (χ1) is 9.06. The number of hydrogen-bond acceptors (Lipinski definition) is 2. The number of nitrogens with one attached hydrogen (secondary N) is 1. The lowest BCUT2D eigenvalue weighted by molar-refractivity contribution is 0.503. The van der Waals surface area contributed by atoms with Gasteiger partial charge in [-0.05, 0) is 46.9 Å². The molecule has 2 aromatic rings. The van der Waals surface area contributed by atoms with E-state index in [9.17, 15) is 4.39 Å². The summed E-state index contributed by atoms with van der Waals surface area (Å²) >= 11 is 3.43. The molecule has 0 bridgehead atoms. The highest BCUT2D eigenvalue weighted by Gasteiger charge is 2.21. The van der Waals surface area contributed by atoms with Crippen LogP contribution in [0.15, 0.2) is 21.0 Å². The molecule has 2 nitrogen and oxygen atoms in total. The average molecular weight is 328 g/mol.